The van der Waals surface area contributed by atoms with Crippen LogP contribution < -0.4 is 16.4 Å². The number of benzene rings is 3. The van der Waals surface area contributed by atoms with Gasteiger partial charge in [-0.05, 0) is 69.0 Å². The number of nitrogens with one attached hydrogen (secondary N) is 2. The molecule has 4 N–H and O–H groups in total. The molecule has 0 unspecified atom stereocenters. The van der Waals surface area contributed by atoms with Crippen molar-refractivity contribution in [3.8, 4) is 0 Å². The zero-order valence-corrected chi connectivity index (χ0v) is 20.4. The summed E-state index contributed by atoms with van der Waals surface area (Å²) in [5.74, 6) is -0.643. The minimum atomic E-state index is -0.415. The molecule has 1 aliphatic heterocycles. The third-order valence-electron chi connectivity index (χ3n) is 5.87. The van der Waals surface area contributed by atoms with Gasteiger partial charge < -0.3 is 21.1 Å². The van der Waals surface area contributed by atoms with Gasteiger partial charge in [-0.25, -0.2) is 4.79 Å². The van der Waals surface area contributed by atoms with Crippen LogP contribution in [0.5, 0.6) is 0 Å². The van der Waals surface area contributed by atoms with Crippen LogP contribution >= 0.6 is 0 Å². The van der Waals surface area contributed by atoms with Crippen molar-refractivity contribution < 1.29 is 14.3 Å². The van der Waals surface area contributed by atoms with E-state index in [1.165, 1.54) is 5.56 Å². The maximum Gasteiger partial charge on any atom is 0.338 e. The summed E-state index contributed by atoms with van der Waals surface area (Å²) in [4.78, 5) is 25.3. The summed E-state index contributed by atoms with van der Waals surface area (Å²) in [5, 5.41) is 6.37. The summed E-state index contributed by atoms with van der Waals surface area (Å²) in [6.45, 7) is 6.11. The summed E-state index contributed by atoms with van der Waals surface area (Å²) < 4.78 is 5.10. The number of aryl methyl sites for hydroxylation is 1. The number of rotatable bonds is 8. The molecule has 4 rings (SSSR count). The molecule has 0 radical (unpaired) electrons. The van der Waals surface area contributed by atoms with E-state index in [9.17, 15) is 9.59 Å². The fourth-order valence-electron chi connectivity index (χ4n) is 4.01. The number of ether oxygens (including phenoxy) is 1. The topological polar surface area (TPSA) is 93.4 Å². The number of hydrogen-bond acceptors (Lipinski definition) is 5. The first-order chi connectivity index (χ1) is 16.7. The van der Waals surface area contributed by atoms with Crippen molar-refractivity contribution in [3.05, 3.63) is 95.1 Å². The van der Waals surface area contributed by atoms with E-state index in [-0.39, 0.29) is 18.1 Å². The van der Waals surface area contributed by atoms with Crippen LogP contribution in [0.25, 0.3) is 11.3 Å². The van der Waals surface area contributed by atoms with E-state index in [0.29, 0.717) is 22.5 Å². The Morgan fingerprint density at radius 3 is 2.37 bits per heavy atom. The molecule has 6 nitrogen and oxygen atoms in total. The number of amides is 1. The number of carbonyl (C=O) groups is 2. The van der Waals surface area contributed by atoms with Crippen LogP contribution in [0.15, 0.2) is 72.8 Å². The predicted octanol–water partition coefficient (Wildman–Crippen LogP) is 5.47. The highest BCUT2D eigenvalue weighted by molar-refractivity contribution is 6.37. The molecule has 0 saturated heterocycles. The van der Waals surface area contributed by atoms with Gasteiger partial charge in [-0.15, -0.1) is 0 Å². The zero-order chi connectivity index (χ0) is 25.0. The standard InChI is InChI=1S/C29H31N3O3/c1-4-35-28(34)21-12-15-23-24(18-21)32-27(33)25(23)26(20-8-6-5-7-9-20)31-22-13-10-19(11-14-22)16-17-29(2,3)30/h5-15,18,31H,4,16-17,30H2,1-3H3,(H,32,33). The SMILES string of the molecule is CCOC(=O)c1ccc2c(c1)NC(=O)C2=C(Nc1ccc(CCC(C)(C)N)cc1)c1ccccc1. The molecule has 0 bridgehead atoms. The monoisotopic (exact) mass is 469 g/mol. The van der Waals surface area contributed by atoms with Crippen molar-refractivity contribution in [2.24, 2.45) is 5.73 Å². The fraction of sp³-hybridized carbons (Fsp3) is 0.241. The van der Waals surface area contributed by atoms with E-state index in [0.717, 1.165) is 29.7 Å². The maximum absolute atomic E-state index is 13.1. The Kier molecular flexibility index (Phi) is 7.03. The number of hydrogen-bond donors (Lipinski definition) is 3. The lowest BCUT2D eigenvalue weighted by Crippen LogP contribution is -2.32. The van der Waals surface area contributed by atoms with Crippen molar-refractivity contribution in [1.29, 1.82) is 0 Å². The Balaban J connectivity index is 1.70. The lowest BCUT2D eigenvalue weighted by Gasteiger charge is -2.18. The van der Waals surface area contributed by atoms with Crippen LogP contribution in [0.3, 0.4) is 0 Å². The van der Waals surface area contributed by atoms with Gasteiger partial charge in [-0.3, -0.25) is 4.79 Å². The smallest absolute Gasteiger partial charge is 0.338 e. The summed E-state index contributed by atoms with van der Waals surface area (Å²) in [5.41, 5.74) is 11.8. The maximum atomic E-state index is 13.1. The average Bonchev–Trinajstić information content (AvgIpc) is 3.17. The molecule has 35 heavy (non-hydrogen) atoms. The quantitative estimate of drug-likeness (QED) is 0.301. The number of esters is 1. The molecular formula is C29H31N3O3. The zero-order valence-electron chi connectivity index (χ0n) is 20.4. The van der Waals surface area contributed by atoms with E-state index >= 15 is 0 Å². The Bertz CT molecular complexity index is 1260. The molecule has 0 fully saturated rings. The van der Waals surface area contributed by atoms with E-state index in [1.807, 2.05) is 56.3 Å². The molecule has 0 saturated carbocycles. The first kappa shape index (κ1) is 24.2. The van der Waals surface area contributed by atoms with Gasteiger partial charge in [0.1, 0.15) is 0 Å². The van der Waals surface area contributed by atoms with Gasteiger partial charge in [0.25, 0.3) is 5.91 Å². The average molecular weight is 470 g/mol. The van der Waals surface area contributed by atoms with Crippen LogP contribution in [0, 0.1) is 0 Å². The molecule has 0 aliphatic carbocycles. The number of carbonyl (C=O) groups excluding carboxylic acids is 2. The third kappa shape index (κ3) is 5.78. The highest BCUT2D eigenvalue weighted by atomic mass is 16.5. The summed E-state index contributed by atoms with van der Waals surface area (Å²) >= 11 is 0. The second-order valence-electron chi connectivity index (χ2n) is 9.36. The van der Waals surface area contributed by atoms with E-state index in [1.54, 1.807) is 25.1 Å². The van der Waals surface area contributed by atoms with E-state index < -0.39 is 5.97 Å². The molecule has 180 valence electrons. The Labute approximate surface area is 206 Å². The summed E-state index contributed by atoms with van der Waals surface area (Å²) in [7, 11) is 0. The normalized spacial score (nSPS) is 14.2. The Hall–Kier alpha value is -3.90. The van der Waals surface area contributed by atoms with Gasteiger partial charge in [0.2, 0.25) is 0 Å². The van der Waals surface area contributed by atoms with Gasteiger partial charge in [0.05, 0.1) is 29.1 Å². The van der Waals surface area contributed by atoms with Crippen LogP contribution in [0.1, 0.15) is 54.2 Å². The minimum Gasteiger partial charge on any atom is -0.462 e. The van der Waals surface area contributed by atoms with E-state index in [2.05, 4.69) is 22.8 Å². The second kappa shape index (κ2) is 10.2. The van der Waals surface area contributed by atoms with Crippen molar-refractivity contribution in [1.82, 2.24) is 0 Å². The first-order valence-corrected chi connectivity index (χ1v) is 11.8. The molecule has 6 heteroatoms. The minimum absolute atomic E-state index is 0.210. The molecule has 1 aliphatic rings. The van der Waals surface area contributed by atoms with Gasteiger partial charge in [-0.2, -0.15) is 0 Å². The summed E-state index contributed by atoms with van der Waals surface area (Å²) in [6, 6.07) is 23.1. The van der Waals surface area contributed by atoms with Crippen molar-refractivity contribution in [2.75, 3.05) is 17.2 Å². The second-order valence-corrected chi connectivity index (χ2v) is 9.36. The number of fused-ring (bicyclic) bond motifs is 1. The molecule has 1 amide bonds. The molecule has 0 spiro atoms. The van der Waals surface area contributed by atoms with Gasteiger partial charge in [-0.1, -0.05) is 48.5 Å². The predicted molar refractivity (Wildman–Crippen MR) is 141 cm³/mol. The van der Waals surface area contributed by atoms with Crippen LogP contribution in [-0.2, 0) is 16.0 Å². The molecule has 0 atom stereocenters. The van der Waals surface area contributed by atoms with Gasteiger partial charge in [0, 0.05) is 16.8 Å². The fourth-order valence-corrected chi connectivity index (χ4v) is 4.01. The van der Waals surface area contributed by atoms with Crippen LogP contribution in [0.4, 0.5) is 11.4 Å². The van der Waals surface area contributed by atoms with E-state index in [4.69, 9.17) is 10.5 Å². The molecule has 3 aromatic carbocycles. The lowest BCUT2D eigenvalue weighted by atomic mass is 9.96. The first-order valence-electron chi connectivity index (χ1n) is 11.8. The summed E-state index contributed by atoms with van der Waals surface area (Å²) in [6.07, 6.45) is 1.79. The van der Waals surface area contributed by atoms with Gasteiger partial charge in [0.15, 0.2) is 0 Å². The highest BCUT2D eigenvalue weighted by Gasteiger charge is 2.29. The largest absolute Gasteiger partial charge is 0.462 e. The van der Waals surface area contributed by atoms with Crippen LogP contribution in [-0.4, -0.2) is 24.0 Å². The lowest BCUT2D eigenvalue weighted by molar-refractivity contribution is -0.110. The molecule has 3 aromatic rings. The Morgan fingerprint density at radius 2 is 1.71 bits per heavy atom. The van der Waals surface area contributed by atoms with Gasteiger partial charge >= 0.3 is 5.97 Å². The molecule has 1 heterocycles. The number of anilines is 2. The van der Waals surface area contributed by atoms with Crippen LogP contribution in [0.2, 0.25) is 0 Å². The van der Waals surface area contributed by atoms with Crippen molar-refractivity contribution in [3.63, 3.8) is 0 Å². The van der Waals surface area contributed by atoms with Crippen molar-refractivity contribution >= 4 is 34.5 Å². The molecule has 0 aromatic heterocycles. The third-order valence-corrected chi connectivity index (χ3v) is 5.87. The number of nitrogens with two attached hydrogens (primary N) is 1. The highest BCUT2D eigenvalue weighted by Crippen LogP contribution is 2.38. The van der Waals surface area contributed by atoms with Crippen molar-refractivity contribution in [2.45, 2.75) is 39.2 Å². The molecular weight excluding hydrogens is 438 g/mol. The Morgan fingerprint density at radius 1 is 1.00 bits per heavy atom.